The third-order valence-electron chi connectivity index (χ3n) is 6.49. The minimum absolute atomic E-state index is 0.0305. The van der Waals surface area contributed by atoms with Crippen LogP contribution in [0.25, 0.3) is 11.0 Å². The number of hydrogen-bond acceptors (Lipinski definition) is 8. The van der Waals surface area contributed by atoms with Crippen LogP contribution in [0.1, 0.15) is 29.3 Å². The SMILES string of the molecule is COC[C@@]12SC(N)=N[C@](C)(c3cc(Cc4ncnc5cc(C#N)cnc45)ccc3F)[C@@H]1C2(F)F. The highest BCUT2D eigenvalue weighted by atomic mass is 32.2. The number of benzene rings is 1. The average Bonchev–Trinajstić information content (AvgIpc) is 3.29. The van der Waals surface area contributed by atoms with Gasteiger partial charge in [-0.2, -0.15) is 5.26 Å². The predicted octanol–water partition coefficient (Wildman–Crippen LogP) is 3.55. The third-order valence-corrected chi connectivity index (χ3v) is 7.78. The molecule has 174 valence electrons. The third kappa shape index (κ3) is 3.16. The van der Waals surface area contributed by atoms with Crippen molar-refractivity contribution in [2.24, 2.45) is 16.6 Å². The second-order valence-corrected chi connectivity index (χ2v) is 9.94. The van der Waals surface area contributed by atoms with E-state index in [4.69, 9.17) is 15.7 Å². The summed E-state index contributed by atoms with van der Waals surface area (Å²) in [6, 6.07) is 7.96. The number of aliphatic imine (C=N–C) groups is 1. The van der Waals surface area contributed by atoms with Gasteiger partial charge in [-0.25, -0.2) is 23.1 Å². The van der Waals surface area contributed by atoms with Crippen molar-refractivity contribution in [3.63, 3.8) is 0 Å². The number of nitrogens with zero attached hydrogens (tertiary/aromatic N) is 5. The lowest BCUT2D eigenvalue weighted by Crippen LogP contribution is -2.37. The number of halogens is 3. The van der Waals surface area contributed by atoms with E-state index in [1.54, 1.807) is 12.1 Å². The first-order chi connectivity index (χ1) is 16.2. The molecule has 1 fully saturated rings. The number of rotatable bonds is 5. The first-order valence-corrected chi connectivity index (χ1v) is 11.2. The van der Waals surface area contributed by atoms with E-state index >= 15 is 13.2 Å². The summed E-state index contributed by atoms with van der Waals surface area (Å²) in [5.74, 6) is -5.06. The van der Waals surface area contributed by atoms with Crippen LogP contribution < -0.4 is 5.73 Å². The molecule has 3 atom stereocenters. The minimum Gasteiger partial charge on any atom is -0.383 e. The van der Waals surface area contributed by atoms with Crippen LogP contribution in [0, 0.1) is 23.1 Å². The van der Waals surface area contributed by atoms with E-state index in [0.29, 0.717) is 27.9 Å². The fourth-order valence-corrected chi connectivity index (χ4v) is 6.43. The van der Waals surface area contributed by atoms with Crippen molar-refractivity contribution in [2.75, 3.05) is 13.7 Å². The molecule has 34 heavy (non-hydrogen) atoms. The maximum atomic E-state index is 15.1. The summed E-state index contributed by atoms with van der Waals surface area (Å²) < 4.78 is 48.8. The molecule has 0 spiro atoms. The summed E-state index contributed by atoms with van der Waals surface area (Å²) in [6.07, 6.45) is 3.03. The Morgan fingerprint density at radius 3 is 2.76 bits per heavy atom. The van der Waals surface area contributed by atoms with E-state index in [9.17, 15) is 0 Å². The molecule has 1 aliphatic carbocycles. The normalized spacial score (nSPS) is 27.1. The van der Waals surface area contributed by atoms with Crippen molar-refractivity contribution >= 4 is 28.0 Å². The summed E-state index contributed by atoms with van der Waals surface area (Å²) in [4.78, 5) is 17.1. The molecule has 11 heteroatoms. The molecule has 3 aromatic rings. The summed E-state index contributed by atoms with van der Waals surface area (Å²) in [6.45, 7) is 1.26. The Labute approximate surface area is 197 Å². The van der Waals surface area contributed by atoms with Gasteiger partial charge in [0.25, 0.3) is 5.92 Å². The summed E-state index contributed by atoms with van der Waals surface area (Å²) in [5.41, 5.74) is 6.98. The van der Waals surface area contributed by atoms with Crippen LogP contribution in [0.3, 0.4) is 0 Å². The number of amidine groups is 1. The van der Waals surface area contributed by atoms with Gasteiger partial charge in [-0.1, -0.05) is 23.9 Å². The lowest BCUT2D eigenvalue weighted by molar-refractivity contribution is 0.0637. The Morgan fingerprint density at radius 1 is 1.24 bits per heavy atom. The fraction of sp³-hybridized carbons (Fsp3) is 0.348. The van der Waals surface area contributed by atoms with Gasteiger partial charge in [-0.05, 0) is 24.6 Å². The van der Waals surface area contributed by atoms with Gasteiger partial charge < -0.3 is 10.5 Å². The highest BCUT2D eigenvalue weighted by Crippen LogP contribution is 2.74. The number of ether oxygens (including phenoxy) is 1. The standard InChI is InChI=1S/C23H19F3N6OS/c1-21(19-22(10-33-2,23(19,25)26)34-20(28)32-21)14-5-12(3-4-15(14)24)6-16-18-17(31-11-30-16)7-13(8-27)9-29-18/h3-5,7,9,11,19H,6,10H2,1-2H3,(H2,28,32)/t19-,21+,22+/m0/s1. The molecule has 1 aliphatic heterocycles. The van der Waals surface area contributed by atoms with Crippen molar-refractivity contribution in [3.05, 3.63) is 65.0 Å². The first-order valence-electron chi connectivity index (χ1n) is 10.4. The van der Waals surface area contributed by atoms with E-state index in [-0.39, 0.29) is 23.8 Å². The molecule has 2 N–H and O–H groups in total. The van der Waals surface area contributed by atoms with Crippen LogP contribution in [0.2, 0.25) is 0 Å². The van der Waals surface area contributed by atoms with Crippen LogP contribution in [0.15, 0.2) is 41.8 Å². The Morgan fingerprint density at radius 2 is 2.03 bits per heavy atom. The number of hydrogen-bond donors (Lipinski definition) is 1. The maximum Gasteiger partial charge on any atom is 0.272 e. The Bertz CT molecular complexity index is 1390. The molecule has 0 unspecified atom stereocenters. The quantitative estimate of drug-likeness (QED) is 0.590. The molecule has 7 nitrogen and oxygen atoms in total. The topological polar surface area (TPSA) is 110 Å². The molecule has 0 radical (unpaired) electrons. The highest BCUT2D eigenvalue weighted by Gasteiger charge is 2.87. The van der Waals surface area contributed by atoms with E-state index in [1.165, 1.54) is 38.7 Å². The zero-order chi connectivity index (χ0) is 24.3. The van der Waals surface area contributed by atoms with Crippen LogP contribution >= 0.6 is 11.8 Å². The molecule has 1 saturated carbocycles. The van der Waals surface area contributed by atoms with Crippen LogP contribution in [0.4, 0.5) is 13.2 Å². The number of nitrogens with two attached hydrogens (primary N) is 1. The smallest absolute Gasteiger partial charge is 0.272 e. The molecule has 1 aromatic carbocycles. The molecule has 2 aromatic heterocycles. The Balaban J connectivity index is 1.56. The monoisotopic (exact) mass is 484 g/mol. The summed E-state index contributed by atoms with van der Waals surface area (Å²) in [5, 5.41) is 9.06. The van der Waals surface area contributed by atoms with Gasteiger partial charge in [0.2, 0.25) is 0 Å². The van der Waals surface area contributed by atoms with E-state index in [2.05, 4.69) is 19.9 Å². The van der Waals surface area contributed by atoms with Crippen molar-refractivity contribution in [1.29, 1.82) is 5.26 Å². The van der Waals surface area contributed by atoms with Crippen molar-refractivity contribution in [2.45, 2.75) is 29.6 Å². The van der Waals surface area contributed by atoms with Crippen molar-refractivity contribution in [3.8, 4) is 6.07 Å². The van der Waals surface area contributed by atoms with Gasteiger partial charge in [0.15, 0.2) is 5.17 Å². The number of methoxy groups -OCH3 is 1. The molecule has 2 aliphatic rings. The predicted molar refractivity (Wildman–Crippen MR) is 121 cm³/mol. The molecular weight excluding hydrogens is 465 g/mol. The summed E-state index contributed by atoms with van der Waals surface area (Å²) >= 11 is 0.790. The van der Waals surface area contributed by atoms with Crippen molar-refractivity contribution < 1.29 is 17.9 Å². The Hall–Kier alpha value is -3.23. The molecule has 5 rings (SSSR count). The Kier molecular flexibility index (Phi) is 5.07. The first kappa shape index (κ1) is 22.6. The minimum atomic E-state index is -3.14. The molecule has 0 amide bonds. The fourth-order valence-electron chi connectivity index (χ4n) is 4.96. The van der Waals surface area contributed by atoms with Crippen LogP contribution in [-0.2, 0) is 16.7 Å². The average molecular weight is 485 g/mol. The zero-order valence-corrected chi connectivity index (χ0v) is 19.0. The molecule has 0 bridgehead atoms. The number of pyridine rings is 1. The number of alkyl halides is 2. The van der Waals surface area contributed by atoms with E-state index < -0.39 is 27.9 Å². The molecule has 3 heterocycles. The van der Waals surface area contributed by atoms with Gasteiger partial charge in [-0.15, -0.1) is 0 Å². The highest BCUT2D eigenvalue weighted by molar-refractivity contribution is 8.15. The number of aromatic nitrogens is 3. The molecular formula is C23H19F3N6OS. The second-order valence-electron chi connectivity index (χ2n) is 8.59. The largest absolute Gasteiger partial charge is 0.383 e. The van der Waals surface area contributed by atoms with Crippen LogP contribution in [-0.4, -0.2) is 44.5 Å². The van der Waals surface area contributed by atoms with Gasteiger partial charge >= 0.3 is 0 Å². The summed E-state index contributed by atoms with van der Waals surface area (Å²) in [7, 11) is 1.35. The zero-order valence-electron chi connectivity index (χ0n) is 18.2. The van der Waals surface area contributed by atoms with Gasteiger partial charge in [0.1, 0.15) is 28.5 Å². The van der Waals surface area contributed by atoms with Gasteiger partial charge in [0.05, 0.1) is 34.8 Å². The van der Waals surface area contributed by atoms with E-state index in [0.717, 1.165) is 11.8 Å². The lowest BCUT2D eigenvalue weighted by atomic mass is 9.84. The van der Waals surface area contributed by atoms with Crippen LogP contribution in [0.5, 0.6) is 0 Å². The maximum absolute atomic E-state index is 15.1. The van der Waals surface area contributed by atoms with Gasteiger partial charge in [-0.3, -0.25) is 9.98 Å². The van der Waals surface area contributed by atoms with E-state index in [1.807, 2.05) is 6.07 Å². The number of nitriles is 1. The molecule has 0 saturated heterocycles. The number of thioether (sulfide) groups is 1. The second kappa shape index (κ2) is 7.65. The lowest BCUT2D eigenvalue weighted by Gasteiger charge is -2.32. The number of fused-ring (bicyclic) bond motifs is 2. The van der Waals surface area contributed by atoms with Crippen molar-refractivity contribution in [1.82, 2.24) is 15.0 Å². The van der Waals surface area contributed by atoms with Gasteiger partial charge in [0, 0.05) is 25.3 Å².